The van der Waals surface area contributed by atoms with Crippen molar-refractivity contribution in [2.45, 2.75) is 96.8 Å². The molecule has 0 amide bonds. The molecule has 0 heterocycles. The summed E-state index contributed by atoms with van der Waals surface area (Å²) in [7, 11) is 1.27. The molecule has 3 rings (SSSR count). The van der Waals surface area contributed by atoms with Crippen LogP contribution in [0.4, 0.5) is 8.78 Å². The number of carbonyl (C=O) groups excluding carboxylic acids is 1. The van der Waals surface area contributed by atoms with Crippen molar-refractivity contribution in [1.82, 2.24) is 0 Å². The smallest absolute Gasteiger partial charge is 0.314 e. The first kappa shape index (κ1) is 25.0. The van der Waals surface area contributed by atoms with Crippen LogP contribution in [0.5, 0.6) is 11.5 Å². The Balaban J connectivity index is 1.38. The Kier molecular flexibility index (Phi) is 9.80. The Morgan fingerprint density at radius 3 is 2.03 bits per heavy atom. The van der Waals surface area contributed by atoms with Crippen LogP contribution < -0.4 is 9.47 Å². The largest absolute Gasteiger partial charge is 0.494 e. The van der Waals surface area contributed by atoms with Crippen molar-refractivity contribution in [2.75, 3.05) is 7.11 Å². The second-order valence-electron chi connectivity index (χ2n) is 9.91. The fraction of sp³-hybridized carbons (Fsp3) is 0.741. The zero-order valence-electron chi connectivity index (χ0n) is 19.8. The molecule has 2 fully saturated rings. The molecule has 2 aliphatic rings. The van der Waals surface area contributed by atoms with E-state index in [9.17, 15) is 13.6 Å². The van der Waals surface area contributed by atoms with Gasteiger partial charge in [-0.15, -0.1) is 0 Å². The van der Waals surface area contributed by atoms with Crippen molar-refractivity contribution in [1.29, 1.82) is 0 Å². The highest BCUT2D eigenvalue weighted by atomic mass is 19.2. The van der Waals surface area contributed by atoms with E-state index in [-0.39, 0.29) is 17.4 Å². The molecule has 0 N–H and O–H groups in total. The second-order valence-corrected chi connectivity index (χ2v) is 9.91. The van der Waals surface area contributed by atoms with Gasteiger partial charge >= 0.3 is 5.97 Å². The van der Waals surface area contributed by atoms with Crippen molar-refractivity contribution in [2.24, 2.45) is 23.7 Å². The number of ether oxygens (including phenoxy) is 2. The summed E-state index contributed by atoms with van der Waals surface area (Å²) in [4.78, 5) is 12.5. The van der Waals surface area contributed by atoms with E-state index in [1.165, 1.54) is 83.5 Å². The topological polar surface area (TPSA) is 35.5 Å². The SMILES string of the molecule is CCCCCCC[C@H]1CC[C@H]([C@H]2CC[C@H](C(=O)Oc3ccc(OC)c(F)c3F)CC2)CC1. The van der Waals surface area contributed by atoms with E-state index in [0.717, 1.165) is 37.5 Å². The van der Waals surface area contributed by atoms with Crippen molar-refractivity contribution < 1.29 is 23.0 Å². The Bertz CT molecular complexity index is 720. The third kappa shape index (κ3) is 6.68. The highest BCUT2D eigenvalue weighted by Gasteiger charge is 2.34. The summed E-state index contributed by atoms with van der Waals surface area (Å²) >= 11 is 0. The number of esters is 1. The Morgan fingerprint density at radius 2 is 1.41 bits per heavy atom. The fourth-order valence-corrected chi connectivity index (χ4v) is 5.75. The summed E-state index contributed by atoms with van der Waals surface area (Å²) in [5.41, 5.74) is 0. The van der Waals surface area contributed by atoms with Gasteiger partial charge in [-0.2, -0.15) is 8.78 Å². The zero-order chi connectivity index (χ0) is 22.9. The van der Waals surface area contributed by atoms with Gasteiger partial charge in [-0.05, 0) is 68.4 Å². The van der Waals surface area contributed by atoms with E-state index in [1.54, 1.807) is 0 Å². The van der Waals surface area contributed by atoms with Crippen molar-refractivity contribution in [3.05, 3.63) is 23.8 Å². The van der Waals surface area contributed by atoms with Crippen LogP contribution in [0.15, 0.2) is 12.1 Å². The number of carbonyl (C=O) groups is 1. The van der Waals surface area contributed by atoms with Crippen LogP contribution in [0.1, 0.15) is 96.8 Å². The molecule has 180 valence electrons. The number of benzene rings is 1. The lowest BCUT2D eigenvalue weighted by Crippen LogP contribution is -2.30. The number of unbranched alkanes of at least 4 members (excludes halogenated alkanes) is 4. The van der Waals surface area contributed by atoms with Crippen LogP contribution in [0.2, 0.25) is 0 Å². The molecule has 3 nitrogen and oxygen atoms in total. The van der Waals surface area contributed by atoms with Crippen LogP contribution in [0.3, 0.4) is 0 Å². The van der Waals surface area contributed by atoms with Crippen LogP contribution >= 0.6 is 0 Å². The molecule has 2 saturated carbocycles. The molecular weight excluding hydrogens is 410 g/mol. The first-order valence-corrected chi connectivity index (χ1v) is 12.8. The lowest BCUT2D eigenvalue weighted by Gasteiger charge is -2.37. The summed E-state index contributed by atoms with van der Waals surface area (Å²) in [5.74, 6) is -1.13. The van der Waals surface area contributed by atoms with Crippen molar-refractivity contribution >= 4 is 5.97 Å². The second kappa shape index (κ2) is 12.6. The van der Waals surface area contributed by atoms with Gasteiger partial charge in [0.05, 0.1) is 13.0 Å². The number of hydrogen-bond donors (Lipinski definition) is 0. The number of hydrogen-bond acceptors (Lipinski definition) is 3. The van der Waals surface area contributed by atoms with Crippen molar-refractivity contribution in [3.63, 3.8) is 0 Å². The molecule has 2 aliphatic carbocycles. The highest BCUT2D eigenvalue weighted by Crippen LogP contribution is 2.42. The van der Waals surface area contributed by atoms with E-state index >= 15 is 0 Å². The van der Waals surface area contributed by atoms with Gasteiger partial charge in [-0.3, -0.25) is 4.79 Å². The van der Waals surface area contributed by atoms with Gasteiger partial charge in [0, 0.05) is 0 Å². The molecule has 0 unspecified atom stereocenters. The molecule has 1 aromatic rings. The maximum Gasteiger partial charge on any atom is 0.314 e. The summed E-state index contributed by atoms with van der Waals surface area (Å²) in [6.45, 7) is 2.26. The maximum atomic E-state index is 14.1. The van der Waals surface area contributed by atoms with E-state index in [2.05, 4.69) is 6.92 Å². The van der Waals surface area contributed by atoms with Gasteiger partial charge in [0.1, 0.15) is 0 Å². The van der Waals surface area contributed by atoms with Gasteiger partial charge in [-0.1, -0.05) is 58.3 Å². The zero-order valence-corrected chi connectivity index (χ0v) is 19.8. The first-order chi connectivity index (χ1) is 15.5. The maximum absolute atomic E-state index is 14.1. The summed E-state index contributed by atoms with van der Waals surface area (Å²) in [6, 6.07) is 2.53. The molecular formula is C27H40F2O3. The summed E-state index contributed by atoms with van der Waals surface area (Å²) in [6.07, 6.45) is 17.3. The van der Waals surface area contributed by atoms with Gasteiger partial charge in [0.25, 0.3) is 0 Å². The summed E-state index contributed by atoms with van der Waals surface area (Å²) < 4.78 is 37.9. The third-order valence-electron chi connectivity index (χ3n) is 7.82. The van der Waals surface area contributed by atoms with E-state index < -0.39 is 17.6 Å². The Hall–Kier alpha value is -1.65. The molecule has 0 atom stereocenters. The first-order valence-electron chi connectivity index (χ1n) is 12.8. The molecule has 0 aromatic heterocycles. The summed E-state index contributed by atoms with van der Waals surface area (Å²) in [5, 5.41) is 0. The molecule has 32 heavy (non-hydrogen) atoms. The van der Waals surface area contributed by atoms with E-state index in [0.29, 0.717) is 5.92 Å². The molecule has 0 bridgehead atoms. The predicted molar refractivity (Wildman–Crippen MR) is 123 cm³/mol. The van der Waals surface area contributed by atoms with Crippen LogP contribution in [0, 0.1) is 35.3 Å². The lowest BCUT2D eigenvalue weighted by atomic mass is 9.68. The van der Waals surface area contributed by atoms with Crippen LogP contribution in [-0.2, 0) is 4.79 Å². The quantitative estimate of drug-likeness (QED) is 0.207. The Morgan fingerprint density at radius 1 is 0.844 bits per heavy atom. The standard InChI is InChI=1S/C27H40F2O3/c1-3-4-5-6-7-8-19-9-11-20(12-10-19)21-13-15-22(16-14-21)27(30)32-24-18-17-23(31-2)25(28)26(24)29/h17-22H,3-16H2,1-2H3/t19-,20-,21-,22-. The van der Waals surface area contributed by atoms with Gasteiger partial charge in [0.2, 0.25) is 11.6 Å². The minimum Gasteiger partial charge on any atom is -0.494 e. The fourth-order valence-electron chi connectivity index (χ4n) is 5.75. The van der Waals surface area contributed by atoms with Gasteiger partial charge < -0.3 is 9.47 Å². The normalized spacial score (nSPS) is 26.0. The third-order valence-corrected chi connectivity index (χ3v) is 7.82. The molecule has 0 spiro atoms. The van der Waals surface area contributed by atoms with Crippen LogP contribution in [-0.4, -0.2) is 13.1 Å². The molecule has 0 aliphatic heterocycles. The number of halogens is 2. The van der Waals surface area contributed by atoms with E-state index in [4.69, 9.17) is 9.47 Å². The minimum absolute atomic E-state index is 0.200. The molecule has 0 saturated heterocycles. The Labute approximate surface area is 192 Å². The average molecular weight is 451 g/mol. The van der Waals surface area contributed by atoms with Gasteiger partial charge in [0.15, 0.2) is 11.5 Å². The van der Waals surface area contributed by atoms with E-state index in [1.807, 2.05) is 0 Å². The van der Waals surface area contributed by atoms with Crippen molar-refractivity contribution in [3.8, 4) is 11.5 Å². The molecule has 0 radical (unpaired) electrons. The monoisotopic (exact) mass is 450 g/mol. The van der Waals surface area contributed by atoms with Gasteiger partial charge in [-0.25, -0.2) is 0 Å². The molecule has 1 aromatic carbocycles. The van der Waals surface area contributed by atoms with Crippen LogP contribution in [0.25, 0.3) is 0 Å². The minimum atomic E-state index is -1.17. The molecule has 5 heteroatoms. The average Bonchev–Trinajstić information content (AvgIpc) is 2.82. The number of methoxy groups -OCH3 is 1. The number of rotatable bonds is 10. The predicted octanol–water partition coefficient (Wildman–Crippen LogP) is 7.85. The highest BCUT2D eigenvalue weighted by molar-refractivity contribution is 5.75. The lowest BCUT2D eigenvalue weighted by molar-refractivity contribution is -0.140.